The summed E-state index contributed by atoms with van der Waals surface area (Å²) >= 11 is 1.49. The second-order valence-corrected chi connectivity index (χ2v) is 4.36. The third-order valence-corrected chi connectivity index (χ3v) is 3.41. The number of aliphatic hydroxyl groups excluding tert-OH is 1. The predicted molar refractivity (Wildman–Crippen MR) is 58.7 cm³/mol. The molecule has 2 heterocycles. The first-order valence-electron chi connectivity index (χ1n) is 4.72. The first-order chi connectivity index (χ1) is 7.18. The molecule has 0 aliphatic heterocycles. The van der Waals surface area contributed by atoms with Gasteiger partial charge >= 0.3 is 0 Å². The summed E-state index contributed by atoms with van der Waals surface area (Å²) < 4.78 is 1.92. The number of rotatable bonds is 3. The van der Waals surface area contributed by atoms with E-state index in [0.717, 1.165) is 16.4 Å². The lowest BCUT2D eigenvalue weighted by Gasteiger charge is -2.08. The Morgan fingerprint density at radius 1 is 1.53 bits per heavy atom. The van der Waals surface area contributed by atoms with Gasteiger partial charge < -0.3 is 9.67 Å². The number of thiazole rings is 1. The van der Waals surface area contributed by atoms with Crippen molar-refractivity contribution in [1.82, 2.24) is 14.5 Å². The minimum Gasteiger partial charge on any atom is -0.387 e. The van der Waals surface area contributed by atoms with Gasteiger partial charge in [-0.1, -0.05) is 0 Å². The van der Waals surface area contributed by atoms with E-state index in [4.69, 9.17) is 0 Å². The summed E-state index contributed by atoms with van der Waals surface area (Å²) in [6.07, 6.45) is 3.65. The largest absolute Gasteiger partial charge is 0.387 e. The van der Waals surface area contributed by atoms with Gasteiger partial charge in [-0.15, -0.1) is 11.3 Å². The average Bonchev–Trinajstić information content (AvgIpc) is 2.76. The van der Waals surface area contributed by atoms with Crippen molar-refractivity contribution < 1.29 is 5.11 Å². The van der Waals surface area contributed by atoms with Crippen molar-refractivity contribution in [3.63, 3.8) is 0 Å². The second kappa shape index (κ2) is 4.12. The van der Waals surface area contributed by atoms with E-state index in [2.05, 4.69) is 9.97 Å². The molecule has 1 unspecified atom stereocenters. The number of hydrogen-bond acceptors (Lipinski definition) is 4. The average molecular weight is 223 g/mol. The molecule has 0 amide bonds. The third kappa shape index (κ3) is 2.08. The highest BCUT2D eigenvalue weighted by Gasteiger charge is 2.15. The van der Waals surface area contributed by atoms with Crippen molar-refractivity contribution in [3.8, 4) is 0 Å². The molecule has 0 aliphatic rings. The van der Waals surface area contributed by atoms with Crippen molar-refractivity contribution in [2.45, 2.75) is 19.4 Å². The molecule has 0 fully saturated rings. The first-order valence-corrected chi connectivity index (χ1v) is 5.60. The molecule has 2 aromatic rings. The second-order valence-electron chi connectivity index (χ2n) is 3.48. The minimum atomic E-state index is -0.501. The van der Waals surface area contributed by atoms with E-state index in [1.54, 1.807) is 11.7 Å². The van der Waals surface area contributed by atoms with E-state index in [1.165, 1.54) is 11.3 Å². The van der Waals surface area contributed by atoms with Gasteiger partial charge in [0.2, 0.25) is 0 Å². The Labute approximate surface area is 92.2 Å². The van der Waals surface area contributed by atoms with Crippen molar-refractivity contribution in [3.05, 3.63) is 34.3 Å². The van der Waals surface area contributed by atoms with Gasteiger partial charge in [0.15, 0.2) is 0 Å². The zero-order valence-corrected chi connectivity index (χ0v) is 9.53. The lowest BCUT2D eigenvalue weighted by molar-refractivity contribution is 0.177. The molecular weight excluding hydrogens is 210 g/mol. The van der Waals surface area contributed by atoms with E-state index < -0.39 is 6.10 Å². The molecule has 1 N–H and O–H groups in total. The summed E-state index contributed by atoms with van der Waals surface area (Å²) in [6, 6.07) is 0. The van der Waals surface area contributed by atoms with Crippen LogP contribution >= 0.6 is 11.3 Å². The van der Waals surface area contributed by atoms with Crippen LogP contribution in [0, 0.1) is 6.92 Å². The smallest absolute Gasteiger partial charge is 0.111 e. The molecule has 4 nitrogen and oxygen atoms in total. The summed E-state index contributed by atoms with van der Waals surface area (Å²) in [7, 11) is 1.93. The van der Waals surface area contributed by atoms with Crippen molar-refractivity contribution in [2.75, 3.05) is 0 Å². The van der Waals surface area contributed by atoms with Crippen LogP contribution in [0.4, 0.5) is 0 Å². The molecule has 0 saturated carbocycles. The summed E-state index contributed by atoms with van der Waals surface area (Å²) in [4.78, 5) is 9.23. The molecule has 0 saturated heterocycles. The van der Waals surface area contributed by atoms with Crippen LogP contribution in [0.1, 0.15) is 22.5 Å². The molecule has 1 atom stereocenters. The van der Waals surface area contributed by atoms with Crippen LogP contribution < -0.4 is 0 Å². The molecule has 0 radical (unpaired) electrons. The van der Waals surface area contributed by atoms with Crippen LogP contribution in [0.2, 0.25) is 0 Å². The quantitative estimate of drug-likeness (QED) is 0.857. The maximum absolute atomic E-state index is 10.0. The fraction of sp³-hybridized carbons (Fsp3) is 0.400. The molecule has 0 spiro atoms. The Kier molecular flexibility index (Phi) is 2.83. The molecule has 0 aromatic carbocycles. The molecule has 80 valence electrons. The van der Waals surface area contributed by atoms with E-state index in [0.29, 0.717) is 6.42 Å². The standard InChI is InChI=1S/C10H13N3OS/c1-7-10(15-6-12-7)8(14)5-9-11-3-4-13(9)2/h3-4,6,8,14H,5H2,1-2H3. The molecule has 2 rings (SSSR count). The molecule has 15 heavy (non-hydrogen) atoms. The van der Waals surface area contributed by atoms with Gasteiger partial charge in [0.05, 0.1) is 22.2 Å². The number of hydrogen-bond donors (Lipinski definition) is 1. The minimum absolute atomic E-state index is 0.501. The highest BCUT2D eigenvalue weighted by molar-refractivity contribution is 7.09. The van der Waals surface area contributed by atoms with E-state index >= 15 is 0 Å². The Morgan fingerprint density at radius 3 is 2.87 bits per heavy atom. The van der Waals surface area contributed by atoms with Gasteiger partial charge in [-0.25, -0.2) is 9.97 Å². The first kappa shape index (κ1) is 10.3. The molecular formula is C10H13N3OS. The summed E-state index contributed by atoms with van der Waals surface area (Å²) in [5.74, 6) is 0.885. The van der Waals surface area contributed by atoms with E-state index in [9.17, 15) is 5.11 Å². The lowest BCUT2D eigenvalue weighted by atomic mass is 10.2. The normalized spacial score (nSPS) is 13.0. The molecule has 2 aromatic heterocycles. The highest BCUT2D eigenvalue weighted by Crippen LogP contribution is 2.24. The van der Waals surface area contributed by atoms with Crippen molar-refractivity contribution in [2.24, 2.45) is 7.05 Å². The predicted octanol–water partition coefficient (Wildman–Crippen LogP) is 1.46. The number of aromatic nitrogens is 3. The number of aryl methyl sites for hydroxylation is 2. The van der Waals surface area contributed by atoms with Gasteiger partial charge in [-0.05, 0) is 6.92 Å². The lowest BCUT2D eigenvalue weighted by Crippen LogP contribution is -2.06. The summed E-state index contributed by atoms with van der Waals surface area (Å²) in [5, 5.41) is 10.0. The maximum Gasteiger partial charge on any atom is 0.111 e. The fourth-order valence-electron chi connectivity index (χ4n) is 1.49. The van der Waals surface area contributed by atoms with Crippen LogP contribution in [0.3, 0.4) is 0 Å². The van der Waals surface area contributed by atoms with Crippen LogP contribution in [0.15, 0.2) is 17.9 Å². The van der Waals surface area contributed by atoms with Gasteiger partial charge in [0.25, 0.3) is 0 Å². The Balaban J connectivity index is 2.14. The van der Waals surface area contributed by atoms with Gasteiger partial charge in [0.1, 0.15) is 5.82 Å². The van der Waals surface area contributed by atoms with Gasteiger partial charge in [-0.3, -0.25) is 0 Å². The third-order valence-electron chi connectivity index (χ3n) is 2.38. The van der Waals surface area contributed by atoms with Crippen LogP contribution in [-0.2, 0) is 13.5 Å². The molecule has 0 aliphatic carbocycles. The topological polar surface area (TPSA) is 50.9 Å². The van der Waals surface area contributed by atoms with E-state index in [1.807, 2.05) is 24.7 Å². The van der Waals surface area contributed by atoms with Gasteiger partial charge in [-0.2, -0.15) is 0 Å². The summed E-state index contributed by atoms with van der Waals surface area (Å²) in [5.41, 5.74) is 2.66. The SMILES string of the molecule is Cc1ncsc1C(O)Cc1nccn1C. The van der Waals surface area contributed by atoms with Gasteiger partial charge in [0, 0.05) is 25.9 Å². The zero-order valence-electron chi connectivity index (χ0n) is 8.71. The maximum atomic E-state index is 10.0. The van der Waals surface area contributed by atoms with Crippen LogP contribution in [-0.4, -0.2) is 19.6 Å². The Hall–Kier alpha value is -1.20. The van der Waals surface area contributed by atoms with E-state index in [-0.39, 0.29) is 0 Å². The highest BCUT2D eigenvalue weighted by atomic mass is 32.1. The summed E-state index contributed by atoms with van der Waals surface area (Å²) in [6.45, 7) is 1.91. The van der Waals surface area contributed by atoms with Crippen LogP contribution in [0.5, 0.6) is 0 Å². The Bertz CT molecular complexity index is 449. The zero-order chi connectivity index (χ0) is 10.8. The molecule has 0 bridgehead atoms. The van der Waals surface area contributed by atoms with Crippen LogP contribution in [0.25, 0.3) is 0 Å². The van der Waals surface area contributed by atoms with Crippen molar-refractivity contribution in [1.29, 1.82) is 0 Å². The van der Waals surface area contributed by atoms with Crippen molar-refractivity contribution >= 4 is 11.3 Å². The number of nitrogens with zero attached hydrogens (tertiary/aromatic N) is 3. The number of imidazole rings is 1. The Morgan fingerprint density at radius 2 is 2.33 bits per heavy atom. The number of aliphatic hydroxyl groups is 1. The fourth-order valence-corrected chi connectivity index (χ4v) is 2.28. The molecule has 5 heteroatoms. The monoisotopic (exact) mass is 223 g/mol.